The highest BCUT2D eigenvalue weighted by atomic mass is 16.3. The van der Waals surface area contributed by atoms with E-state index in [0.29, 0.717) is 0 Å². The van der Waals surface area contributed by atoms with Crippen molar-refractivity contribution in [3.8, 4) is 0 Å². The molecule has 32 heavy (non-hydrogen) atoms. The van der Waals surface area contributed by atoms with Crippen LogP contribution < -0.4 is 5.01 Å². The van der Waals surface area contributed by atoms with Crippen LogP contribution in [0.1, 0.15) is 22.8 Å². The van der Waals surface area contributed by atoms with Crippen molar-refractivity contribution in [1.82, 2.24) is 19.8 Å². The number of hydrogen-bond donors (Lipinski definition) is 1. The standard InChI is InChI=1S/C24H23N5O3/c1-16-7-5-6-10-18(16)22(30)20-12-11-19-21(29(20)27-14-25-26-15-27)24(32)28(23(19)31)13-17-8-3-2-4-9-17/h2-12,14-15,19-22,30H,13H2,1H3. The van der Waals surface area contributed by atoms with Gasteiger partial charge in [0.15, 0.2) is 0 Å². The van der Waals surface area contributed by atoms with Crippen LogP contribution in [-0.2, 0) is 16.1 Å². The Balaban J connectivity index is 1.53. The Kier molecular flexibility index (Phi) is 5.07. The molecule has 1 N–H and O–H groups in total. The second kappa shape index (κ2) is 8.05. The van der Waals surface area contributed by atoms with E-state index in [4.69, 9.17) is 0 Å². The Hall–Kier alpha value is -3.78. The highest BCUT2D eigenvalue weighted by Crippen LogP contribution is 2.36. The lowest BCUT2D eigenvalue weighted by Crippen LogP contribution is -2.58. The normalized spacial score (nSPS) is 23.5. The molecule has 0 bridgehead atoms. The summed E-state index contributed by atoms with van der Waals surface area (Å²) in [5.74, 6) is -1.19. The van der Waals surface area contributed by atoms with Crippen LogP contribution in [0.15, 0.2) is 79.4 Å². The molecule has 2 aliphatic heterocycles. The Morgan fingerprint density at radius 3 is 2.34 bits per heavy atom. The fourth-order valence-electron chi connectivity index (χ4n) is 4.60. The zero-order valence-corrected chi connectivity index (χ0v) is 17.5. The van der Waals surface area contributed by atoms with Crippen molar-refractivity contribution in [2.75, 3.05) is 5.01 Å². The fourth-order valence-corrected chi connectivity index (χ4v) is 4.60. The molecule has 4 unspecified atom stereocenters. The summed E-state index contributed by atoms with van der Waals surface area (Å²) in [6.45, 7) is 2.14. The average molecular weight is 429 g/mol. The number of hydrogen-bond acceptors (Lipinski definition) is 6. The maximum absolute atomic E-state index is 13.5. The first-order valence-corrected chi connectivity index (χ1v) is 10.5. The number of nitrogens with zero attached hydrogens (tertiary/aromatic N) is 5. The van der Waals surface area contributed by atoms with Crippen LogP contribution >= 0.6 is 0 Å². The number of rotatable bonds is 5. The molecule has 8 heteroatoms. The van der Waals surface area contributed by atoms with E-state index in [1.54, 1.807) is 21.8 Å². The second-order valence-corrected chi connectivity index (χ2v) is 8.12. The van der Waals surface area contributed by atoms with Crippen LogP contribution in [-0.4, -0.2) is 48.8 Å². The number of likely N-dealkylation sites (tertiary alicyclic amines) is 1. The smallest absolute Gasteiger partial charge is 0.255 e. The highest BCUT2D eigenvalue weighted by Gasteiger charge is 2.53. The van der Waals surface area contributed by atoms with Crippen molar-refractivity contribution in [3.05, 3.63) is 96.1 Å². The predicted molar refractivity (Wildman–Crippen MR) is 117 cm³/mol. The lowest BCUT2D eigenvalue weighted by Gasteiger charge is -2.41. The number of aliphatic hydroxyl groups is 1. The monoisotopic (exact) mass is 429 g/mol. The molecule has 0 aliphatic carbocycles. The van der Waals surface area contributed by atoms with Crippen LogP contribution in [0.3, 0.4) is 0 Å². The topological polar surface area (TPSA) is 91.6 Å². The van der Waals surface area contributed by atoms with E-state index in [1.807, 2.05) is 61.5 Å². The van der Waals surface area contributed by atoms with Gasteiger partial charge in [-0.1, -0.05) is 66.7 Å². The van der Waals surface area contributed by atoms with Gasteiger partial charge in [0.2, 0.25) is 5.91 Å². The maximum Gasteiger partial charge on any atom is 0.255 e. The zero-order chi connectivity index (χ0) is 22.2. The van der Waals surface area contributed by atoms with Gasteiger partial charge < -0.3 is 5.11 Å². The van der Waals surface area contributed by atoms with Crippen molar-refractivity contribution in [1.29, 1.82) is 0 Å². The van der Waals surface area contributed by atoms with E-state index in [2.05, 4.69) is 10.2 Å². The van der Waals surface area contributed by atoms with Crippen LogP contribution in [0.2, 0.25) is 0 Å². The van der Waals surface area contributed by atoms with Gasteiger partial charge in [-0.05, 0) is 23.6 Å². The molecule has 0 saturated carbocycles. The van der Waals surface area contributed by atoms with E-state index in [9.17, 15) is 14.7 Å². The van der Waals surface area contributed by atoms with Crippen molar-refractivity contribution >= 4 is 11.8 Å². The van der Waals surface area contributed by atoms with E-state index in [0.717, 1.165) is 16.7 Å². The lowest BCUT2D eigenvalue weighted by atomic mass is 9.89. The Morgan fingerprint density at radius 2 is 1.62 bits per heavy atom. The molecular weight excluding hydrogens is 406 g/mol. The number of amides is 2. The van der Waals surface area contributed by atoms with Crippen LogP contribution in [0, 0.1) is 12.8 Å². The SMILES string of the molecule is Cc1ccccc1C(O)C1C=CC2C(=O)N(Cc3ccccc3)C(=O)C2N1n1cnnc1. The van der Waals surface area contributed by atoms with Crippen LogP contribution in [0.5, 0.6) is 0 Å². The minimum Gasteiger partial charge on any atom is -0.386 e. The number of aliphatic hydroxyl groups excluding tert-OH is 1. The highest BCUT2D eigenvalue weighted by molar-refractivity contribution is 6.09. The Bertz CT molecular complexity index is 1160. The van der Waals surface area contributed by atoms with Crippen molar-refractivity contribution < 1.29 is 14.7 Å². The van der Waals surface area contributed by atoms with E-state index in [1.165, 1.54) is 17.6 Å². The van der Waals surface area contributed by atoms with Gasteiger partial charge in [-0.2, -0.15) is 0 Å². The molecule has 5 rings (SSSR count). The molecule has 162 valence electrons. The Labute approximate surface area is 185 Å². The molecule has 2 amide bonds. The third-order valence-corrected chi connectivity index (χ3v) is 6.20. The maximum atomic E-state index is 13.5. The predicted octanol–water partition coefficient (Wildman–Crippen LogP) is 1.75. The molecule has 1 fully saturated rings. The molecule has 2 aromatic carbocycles. The molecule has 0 radical (unpaired) electrons. The summed E-state index contributed by atoms with van der Waals surface area (Å²) in [6.07, 6.45) is 5.59. The van der Waals surface area contributed by atoms with Gasteiger partial charge in [-0.3, -0.25) is 19.5 Å². The lowest BCUT2D eigenvalue weighted by molar-refractivity contribution is -0.139. The quantitative estimate of drug-likeness (QED) is 0.491. The van der Waals surface area contributed by atoms with Gasteiger partial charge in [-0.15, -0.1) is 10.2 Å². The third kappa shape index (κ3) is 3.29. The summed E-state index contributed by atoms with van der Waals surface area (Å²) in [7, 11) is 0. The molecular formula is C24H23N5O3. The summed E-state index contributed by atoms with van der Waals surface area (Å²) < 4.78 is 1.59. The van der Waals surface area contributed by atoms with Crippen LogP contribution in [0.4, 0.5) is 0 Å². The van der Waals surface area contributed by atoms with Gasteiger partial charge in [0.25, 0.3) is 5.91 Å². The number of fused-ring (bicyclic) bond motifs is 1. The molecule has 3 heterocycles. The first-order valence-electron chi connectivity index (χ1n) is 10.5. The number of aromatic nitrogens is 3. The molecule has 2 aliphatic rings. The summed E-state index contributed by atoms with van der Waals surface area (Å²) in [5.41, 5.74) is 2.58. The van der Waals surface area contributed by atoms with E-state index < -0.39 is 24.1 Å². The van der Waals surface area contributed by atoms with Crippen LogP contribution in [0.25, 0.3) is 0 Å². The average Bonchev–Trinajstić information content (AvgIpc) is 3.43. The van der Waals surface area contributed by atoms with Crippen molar-refractivity contribution in [3.63, 3.8) is 0 Å². The molecule has 4 atom stereocenters. The number of imide groups is 1. The summed E-state index contributed by atoms with van der Waals surface area (Å²) in [4.78, 5) is 28.0. The fraction of sp³-hybridized carbons (Fsp3) is 0.250. The minimum atomic E-state index is -0.915. The molecule has 1 saturated heterocycles. The van der Waals surface area contributed by atoms with E-state index >= 15 is 0 Å². The number of carbonyl (C=O) groups is 2. The van der Waals surface area contributed by atoms with E-state index in [-0.39, 0.29) is 18.4 Å². The van der Waals surface area contributed by atoms with Gasteiger partial charge in [0, 0.05) is 0 Å². The Morgan fingerprint density at radius 1 is 0.938 bits per heavy atom. The van der Waals surface area contributed by atoms with Crippen molar-refractivity contribution in [2.24, 2.45) is 5.92 Å². The third-order valence-electron chi connectivity index (χ3n) is 6.20. The molecule has 8 nitrogen and oxygen atoms in total. The first kappa shape index (κ1) is 20.1. The van der Waals surface area contributed by atoms with Gasteiger partial charge in [0.05, 0.1) is 18.5 Å². The van der Waals surface area contributed by atoms with Gasteiger partial charge in [0.1, 0.15) is 24.8 Å². The minimum absolute atomic E-state index is 0.209. The largest absolute Gasteiger partial charge is 0.386 e. The first-order chi connectivity index (χ1) is 15.6. The zero-order valence-electron chi connectivity index (χ0n) is 17.5. The summed E-state index contributed by atoms with van der Waals surface area (Å²) >= 11 is 0. The second-order valence-electron chi connectivity index (χ2n) is 8.12. The molecule has 1 aromatic heterocycles. The molecule has 0 spiro atoms. The number of benzene rings is 2. The van der Waals surface area contributed by atoms with Crippen molar-refractivity contribution in [2.45, 2.75) is 31.7 Å². The van der Waals surface area contributed by atoms with Gasteiger partial charge in [-0.25, -0.2) is 4.68 Å². The summed E-state index contributed by atoms with van der Waals surface area (Å²) in [5, 5.41) is 20.8. The summed E-state index contributed by atoms with van der Waals surface area (Å²) in [6, 6.07) is 15.6. The van der Waals surface area contributed by atoms with Gasteiger partial charge >= 0.3 is 0 Å². The number of carbonyl (C=O) groups excluding carboxylic acids is 2. The number of aryl methyl sites for hydroxylation is 1. The molecule has 3 aromatic rings.